The summed E-state index contributed by atoms with van der Waals surface area (Å²) >= 11 is 1.28. The smallest absolute Gasteiger partial charge is 0.339 e. The first-order valence-electron chi connectivity index (χ1n) is 10.0. The second-order valence-electron chi connectivity index (χ2n) is 7.25. The molecule has 7 heteroatoms. The highest BCUT2D eigenvalue weighted by molar-refractivity contribution is 8.00. The quantitative estimate of drug-likeness (QED) is 0.258. The number of aryl methyl sites for hydroxylation is 2. The molecule has 0 radical (unpaired) electrons. The third kappa shape index (κ3) is 6.67. The first-order chi connectivity index (χ1) is 14.8. The molecular formula is C24H29NO5S. The van der Waals surface area contributed by atoms with Gasteiger partial charge in [-0.15, -0.1) is 11.8 Å². The molecule has 166 valence electrons. The van der Waals surface area contributed by atoms with E-state index in [-0.39, 0.29) is 24.1 Å². The van der Waals surface area contributed by atoms with Crippen LogP contribution in [0.1, 0.15) is 49.9 Å². The van der Waals surface area contributed by atoms with Crippen LogP contribution in [0.25, 0.3) is 0 Å². The van der Waals surface area contributed by atoms with Crippen LogP contribution in [-0.2, 0) is 20.9 Å². The highest BCUT2D eigenvalue weighted by atomic mass is 32.2. The van der Waals surface area contributed by atoms with Crippen LogP contribution in [0.5, 0.6) is 0 Å². The van der Waals surface area contributed by atoms with E-state index in [1.807, 2.05) is 32.9 Å². The summed E-state index contributed by atoms with van der Waals surface area (Å²) < 4.78 is 10.5. The zero-order chi connectivity index (χ0) is 23.0. The second kappa shape index (κ2) is 11.7. The molecule has 2 aromatic rings. The van der Waals surface area contributed by atoms with E-state index >= 15 is 0 Å². The number of nitrogens with one attached hydrogen (secondary N) is 1. The van der Waals surface area contributed by atoms with Crippen LogP contribution >= 0.6 is 11.8 Å². The van der Waals surface area contributed by atoms with Gasteiger partial charge < -0.3 is 14.8 Å². The van der Waals surface area contributed by atoms with Crippen molar-refractivity contribution in [3.63, 3.8) is 0 Å². The molecule has 0 aliphatic heterocycles. The third-order valence-corrected chi connectivity index (χ3v) is 6.00. The maximum Gasteiger partial charge on any atom is 0.339 e. The topological polar surface area (TPSA) is 81.7 Å². The SMILES string of the molecule is COCCNC(=O)CSc1ccccc1C(=O)OCc1c(C)cc(C)c(C(C)=O)c1C. The summed E-state index contributed by atoms with van der Waals surface area (Å²) in [6, 6.07) is 8.99. The standard InChI is InChI=1S/C24H29NO5S/c1-15-12-16(2)23(18(4)26)17(3)20(15)13-30-24(28)19-8-6-7-9-21(19)31-14-22(27)25-10-11-29-5/h6-9,12H,10-11,13-14H2,1-5H3,(H,25,27). The maximum atomic E-state index is 12.8. The third-order valence-electron chi connectivity index (χ3n) is 4.92. The average Bonchev–Trinajstić information content (AvgIpc) is 2.71. The summed E-state index contributed by atoms with van der Waals surface area (Å²) in [6.07, 6.45) is 0. The van der Waals surface area contributed by atoms with Crippen molar-refractivity contribution in [3.8, 4) is 0 Å². The van der Waals surface area contributed by atoms with Gasteiger partial charge in [-0.25, -0.2) is 4.79 Å². The largest absolute Gasteiger partial charge is 0.457 e. The Balaban J connectivity index is 2.10. The van der Waals surface area contributed by atoms with Crippen LogP contribution < -0.4 is 5.32 Å². The van der Waals surface area contributed by atoms with E-state index in [1.165, 1.54) is 11.8 Å². The van der Waals surface area contributed by atoms with E-state index in [0.717, 1.165) is 22.3 Å². The van der Waals surface area contributed by atoms with Crippen LogP contribution in [0.3, 0.4) is 0 Å². The van der Waals surface area contributed by atoms with Crippen molar-refractivity contribution in [1.29, 1.82) is 0 Å². The van der Waals surface area contributed by atoms with Gasteiger partial charge in [-0.1, -0.05) is 18.2 Å². The number of thioether (sulfide) groups is 1. The van der Waals surface area contributed by atoms with Crippen LogP contribution in [0, 0.1) is 20.8 Å². The van der Waals surface area contributed by atoms with Crippen LogP contribution in [0.2, 0.25) is 0 Å². The molecule has 0 spiro atoms. The predicted octanol–water partition coefficient (Wildman–Crippen LogP) is 4.03. The molecule has 31 heavy (non-hydrogen) atoms. The number of ketones is 1. The number of methoxy groups -OCH3 is 1. The molecule has 0 saturated carbocycles. The number of hydrogen-bond acceptors (Lipinski definition) is 6. The summed E-state index contributed by atoms with van der Waals surface area (Å²) in [5.41, 5.74) is 4.66. The Hall–Kier alpha value is -2.64. The number of carbonyl (C=O) groups is 3. The lowest BCUT2D eigenvalue weighted by molar-refractivity contribution is -0.118. The Morgan fingerprint density at radius 3 is 2.45 bits per heavy atom. The molecule has 2 aromatic carbocycles. The van der Waals surface area contributed by atoms with Crippen molar-refractivity contribution in [1.82, 2.24) is 5.32 Å². The summed E-state index contributed by atoms with van der Waals surface area (Å²) in [5, 5.41) is 2.75. The minimum absolute atomic E-state index is 0.00639. The molecule has 6 nitrogen and oxygen atoms in total. The Morgan fingerprint density at radius 1 is 1.06 bits per heavy atom. The number of Topliss-reactive ketones (excluding diaryl/α,β-unsaturated/α-hetero) is 1. The van der Waals surface area contributed by atoms with Gasteiger partial charge in [-0.2, -0.15) is 0 Å². The molecule has 0 aliphatic rings. The number of amides is 1. The number of benzene rings is 2. The number of carbonyl (C=O) groups excluding carboxylic acids is 3. The molecule has 0 unspecified atom stereocenters. The number of hydrogen-bond donors (Lipinski definition) is 1. The molecular weight excluding hydrogens is 414 g/mol. The molecule has 0 aliphatic carbocycles. The van der Waals surface area contributed by atoms with E-state index < -0.39 is 5.97 Å². The lowest BCUT2D eigenvalue weighted by Crippen LogP contribution is -2.28. The highest BCUT2D eigenvalue weighted by Crippen LogP contribution is 2.26. The summed E-state index contributed by atoms with van der Waals surface area (Å²) in [7, 11) is 1.57. The van der Waals surface area contributed by atoms with Crippen molar-refractivity contribution in [3.05, 3.63) is 63.7 Å². The predicted molar refractivity (Wildman–Crippen MR) is 122 cm³/mol. The lowest BCUT2D eigenvalue weighted by Gasteiger charge is -2.16. The van der Waals surface area contributed by atoms with Gasteiger partial charge in [0.2, 0.25) is 5.91 Å². The van der Waals surface area contributed by atoms with E-state index in [9.17, 15) is 14.4 Å². The summed E-state index contributed by atoms with van der Waals surface area (Å²) in [6.45, 7) is 8.24. The Labute approximate surface area is 187 Å². The fourth-order valence-corrected chi connectivity index (χ4v) is 4.32. The number of rotatable bonds is 10. The minimum Gasteiger partial charge on any atom is -0.457 e. The Kier molecular flexibility index (Phi) is 9.27. The molecule has 0 fully saturated rings. The van der Waals surface area contributed by atoms with E-state index in [4.69, 9.17) is 9.47 Å². The molecule has 0 heterocycles. The normalized spacial score (nSPS) is 10.6. The molecule has 0 atom stereocenters. The monoisotopic (exact) mass is 443 g/mol. The van der Waals surface area contributed by atoms with E-state index in [1.54, 1.807) is 32.2 Å². The Bertz CT molecular complexity index is 971. The van der Waals surface area contributed by atoms with Crippen molar-refractivity contribution in [2.75, 3.05) is 26.0 Å². The summed E-state index contributed by atoms with van der Waals surface area (Å²) in [4.78, 5) is 37.4. The van der Waals surface area contributed by atoms with Gasteiger partial charge in [-0.3, -0.25) is 9.59 Å². The van der Waals surface area contributed by atoms with E-state index in [0.29, 0.717) is 29.2 Å². The maximum absolute atomic E-state index is 12.8. The van der Waals surface area contributed by atoms with Gasteiger partial charge in [-0.05, 0) is 62.1 Å². The average molecular weight is 444 g/mol. The van der Waals surface area contributed by atoms with Crippen molar-refractivity contribution in [2.45, 2.75) is 39.2 Å². The van der Waals surface area contributed by atoms with Crippen LogP contribution in [0.15, 0.2) is 35.2 Å². The first-order valence-corrected chi connectivity index (χ1v) is 11.0. The first kappa shape index (κ1) is 24.6. The zero-order valence-electron chi connectivity index (χ0n) is 18.7. The van der Waals surface area contributed by atoms with Gasteiger partial charge in [0.15, 0.2) is 5.78 Å². The zero-order valence-corrected chi connectivity index (χ0v) is 19.5. The van der Waals surface area contributed by atoms with Gasteiger partial charge in [0.05, 0.1) is 17.9 Å². The molecule has 1 amide bonds. The van der Waals surface area contributed by atoms with Gasteiger partial charge in [0.25, 0.3) is 0 Å². The van der Waals surface area contributed by atoms with Crippen molar-refractivity contribution >= 4 is 29.4 Å². The van der Waals surface area contributed by atoms with E-state index in [2.05, 4.69) is 5.32 Å². The molecule has 0 aromatic heterocycles. The highest BCUT2D eigenvalue weighted by Gasteiger charge is 2.18. The lowest BCUT2D eigenvalue weighted by atomic mass is 9.92. The number of esters is 1. The van der Waals surface area contributed by atoms with Crippen molar-refractivity contribution < 1.29 is 23.9 Å². The summed E-state index contributed by atoms with van der Waals surface area (Å²) in [5.74, 6) is -0.417. The van der Waals surface area contributed by atoms with Crippen LogP contribution in [0.4, 0.5) is 0 Å². The molecule has 1 N–H and O–H groups in total. The van der Waals surface area contributed by atoms with Crippen molar-refractivity contribution in [2.24, 2.45) is 0 Å². The molecule has 0 saturated heterocycles. The van der Waals surface area contributed by atoms with Gasteiger partial charge >= 0.3 is 5.97 Å². The van der Waals surface area contributed by atoms with Gasteiger partial charge in [0.1, 0.15) is 6.61 Å². The van der Waals surface area contributed by atoms with Gasteiger partial charge in [0, 0.05) is 24.1 Å². The number of ether oxygens (including phenoxy) is 2. The Morgan fingerprint density at radius 2 is 1.77 bits per heavy atom. The second-order valence-corrected chi connectivity index (χ2v) is 8.27. The fraction of sp³-hybridized carbons (Fsp3) is 0.375. The molecule has 0 bridgehead atoms. The molecule has 2 rings (SSSR count). The van der Waals surface area contributed by atoms with Crippen LogP contribution in [-0.4, -0.2) is 43.7 Å². The minimum atomic E-state index is -0.466. The fourth-order valence-electron chi connectivity index (χ4n) is 3.45.